The third-order valence-electron chi connectivity index (χ3n) is 1.83. The Bertz CT molecular complexity index is 382. The van der Waals surface area contributed by atoms with E-state index in [2.05, 4.69) is 30.9 Å². The molecule has 0 spiro atoms. The van der Waals surface area contributed by atoms with Crippen molar-refractivity contribution in [1.29, 1.82) is 0 Å². The molecule has 14 nitrogen and oxygen atoms in total. The fourth-order valence-corrected chi connectivity index (χ4v) is 1.03. The van der Waals surface area contributed by atoms with Crippen LogP contribution < -0.4 is 26.6 Å². The lowest BCUT2D eigenvalue weighted by atomic mass is 10.8. The molecule has 1 rings (SSSR count). The van der Waals surface area contributed by atoms with Gasteiger partial charge in [-0.05, 0) is 0 Å². The zero-order valence-corrected chi connectivity index (χ0v) is 12.0. The number of rotatable bonds is 8. The van der Waals surface area contributed by atoms with Gasteiger partial charge in [0, 0.05) is 0 Å². The molecular weight excluding hydrogens is 316 g/mol. The Balaban J connectivity index is 0.000000515. The first-order chi connectivity index (χ1) is 11.1. The fourth-order valence-electron chi connectivity index (χ4n) is 1.03. The zero-order chi connectivity index (χ0) is 17.5. The number of aliphatic hydroxyl groups is 5. The molecule has 0 aliphatic heterocycles. The van der Waals surface area contributed by atoms with Gasteiger partial charge in [0.25, 0.3) is 0 Å². The van der Waals surface area contributed by atoms with Crippen molar-refractivity contribution in [3.05, 3.63) is 0 Å². The summed E-state index contributed by atoms with van der Waals surface area (Å²) in [7, 11) is 0. The van der Waals surface area contributed by atoms with Crippen LogP contribution in [0, 0.1) is 0 Å². The summed E-state index contributed by atoms with van der Waals surface area (Å²) in [5, 5.41) is 53.2. The molecule has 1 heterocycles. The molecule has 2 amide bonds. The van der Waals surface area contributed by atoms with Crippen molar-refractivity contribution < 1.29 is 30.3 Å². The maximum absolute atomic E-state index is 10.1. The average molecular weight is 336 g/mol. The van der Waals surface area contributed by atoms with Gasteiger partial charge < -0.3 is 52.1 Å². The number of hydrogen-bond donors (Lipinski definition) is 10. The molecule has 0 saturated carbocycles. The molecular formula is C9H20N8O6. The van der Waals surface area contributed by atoms with Crippen molar-refractivity contribution in [2.75, 3.05) is 49.6 Å². The predicted molar refractivity (Wildman–Crippen MR) is 77.8 cm³/mol. The highest BCUT2D eigenvalue weighted by atomic mass is 16.3. The Kier molecular flexibility index (Phi) is 11.7. The van der Waals surface area contributed by atoms with Crippen LogP contribution in [0.1, 0.15) is 0 Å². The highest BCUT2D eigenvalue weighted by molar-refractivity contribution is 5.73. The van der Waals surface area contributed by atoms with Crippen molar-refractivity contribution in [3.8, 4) is 0 Å². The van der Waals surface area contributed by atoms with Gasteiger partial charge >= 0.3 is 6.03 Å². The number of amides is 2. The second-order valence-corrected chi connectivity index (χ2v) is 3.31. The van der Waals surface area contributed by atoms with E-state index >= 15 is 0 Å². The topological polar surface area (TPSA) is 217 Å². The lowest BCUT2D eigenvalue weighted by molar-refractivity contribution is 0.201. The van der Waals surface area contributed by atoms with Gasteiger partial charge in [-0.25, -0.2) is 4.79 Å². The molecule has 132 valence electrons. The molecule has 0 aliphatic carbocycles. The molecule has 0 unspecified atom stereocenters. The summed E-state index contributed by atoms with van der Waals surface area (Å²) >= 11 is 0. The number of hydrogen-bond acceptors (Lipinski definition) is 12. The minimum absolute atomic E-state index is 0.124. The largest absolute Gasteiger partial charge is 0.376 e. The molecule has 1 aromatic heterocycles. The number of carbonyl (C=O) groups excluding carboxylic acids is 1. The van der Waals surface area contributed by atoms with Crippen LogP contribution in [0.25, 0.3) is 0 Å². The number of nitrogens with zero attached hydrogens (tertiary/aromatic N) is 3. The number of nitrogens with one attached hydrogen (secondary N) is 5. The zero-order valence-electron chi connectivity index (χ0n) is 12.0. The Labute approximate surface area is 130 Å². The Hall–Kier alpha value is -2.52. The van der Waals surface area contributed by atoms with Crippen molar-refractivity contribution in [3.63, 3.8) is 0 Å². The molecule has 0 radical (unpaired) electrons. The minimum atomic E-state index is -0.588. The van der Waals surface area contributed by atoms with Gasteiger partial charge in [0.2, 0.25) is 17.8 Å². The Morgan fingerprint density at radius 2 is 0.957 bits per heavy atom. The summed E-state index contributed by atoms with van der Waals surface area (Å²) in [5.41, 5.74) is 0. The highest BCUT2D eigenvalue weighted by Crippen LogP contribution is 2.07. The van der Waals surface area contributed by atoms with Gasteiger partial charge in [-0.15, -0.1) is 0 Å². The monoisotopic (exact) mass is 336 g/mol. The molecule has 1 aromatic rings. The number of aromatic nitrogens is 3. The van der Waals surface area contributed by atoms with Crippen LogP contribution in [0.15, 0.2) is 0 Å². The maximum Gasteiger partial charge on any atom is 0.318 e. The van der Waals surface area contributed by atoms with Gasteiger partial charge in [0.05, 0.1) is 0 Å². The predicted octanol–water partition coefficient (Wildman–Crippen LogP) is -3.86. The molecule has 0 saturated heterocycles. The molecule has 0 aromatic carbocycles. The van der Waals surface area contributed by atoms with E-state index in [4.69, 9.17) is 25.5 Å². The van der Waals surface area contributed by atoms with Crippen LogP contribution in [-0.2, 0) is 0 Å². The third-order valence-corrected chi connectivity index (χ3v) is 1.83. The van der Waals surface area contributed by atoms with E-state index in [9.17, 15) is 4.79 Å². The van der Waals surface area contributed by atoms with Gasteiger partial charge in [0.15, 0.2) is 0 Å². The quantitative estimate of drug-likeness (QED) is 0.206. The number of aliphatic hydroxyl groups excluding tert-OH is 5. The average Bonchev–Trinajstić information content (AvgIpc) is 2.49. The van der Waals surface area contributed by atoms with Crippen LogP contribution in [0.2, 0.25) is 0 Å². The fraction of sp³-hybridized carbons (Fsp3) is 0.556. The summed E-state index contributed by atoms with van der Waals surface area (Å²) in [6.07, 6.45) is 0. The van der Waals surface area contributed by atoms with Gasteiger partial charge in [-0.1, -0.05) is 0 Å². The Morgan fingerprint density at radius 1 is 0.652 bits per heavy atom. The van der Waals surface area contributed by atoms with E-state index < -0.39 is 19.5 Å². The number of urea groups is 1. The third kappa shape index (κ3) is 9.93. The molecule has 10 N–H and O–H groups in total. The van der Waals surface area contributed by atoms with Crippen LogP contribution >= 0.6 is 0 Å². The molecule has 23 heavy (non-hydrogen) atoms. The molecule has 0 aliphatic rings. The smallest absolute Gasteiger partial charge is 0.318 e. The highest BCUT2D eigenvalue weighted by Gasteiger charge is 2.04. The second kappa shape index (κ2) is 13.2. The first-order valence-corrected chi connectivity index (χ1v) is 6.14. The van der Waals surface area contributed by atoms with E-state index in [1.165, 1.54) is 0 Å². The van der Waals surface area contributed by atoms with Crippen LogP contribution in [-0.4, -0.2) is 80.2 Å². The van der Waals surface area contributed by atoms with Crippen molar-refractivity contribution >= 4 is 23.9 Å². The van der Waals surface area contributed by atoms with Crippen LogP contribution in [0.4, 0.5) is 22.6 Å². The lowest BCUT2D eigenvalue weighted by Crippen LogP contribution is -2.36. The van der Waals surface area contributed by atoms with Gasteiger partial charge in [0.1, 0.15) is 33.7 Å². The first-order valence-electron chi connectivity index (χ1n) is 6.14. The van der Waals surface area contributed by atoms with Crippen molar-refractivity contribution in [1.82, 2.24) is 25.6 Å². The summed E-state index contributed by atoms with van der Waals surface area (Å²) in [6, 6.07) is -0.588. The van der Waals surface area contributed by atoms with Crippen molar-refractivity contribution in [2.45, 2.75) is 0 Å². The summed E-state index contributed by atoms with van der Waals surface area (Å²) in [5.74, 6) is 0.373. The van der Waals surface area contributed by atoms with E-state index in [1.54, 1.807) is 0 Å². The standard InChI is InChI=1S/C6H12N6O3.C3H8N2O3/c13-1-7-4-10-5(8-2-14)12-6(11-4)9-3-15;6-1-4-3(8)5-2-7/h13-15H,1-3H2,(H3,7,8,9,10,11,12);6-7H,1-2H2,(H2,4,5,8). The van der Waals surface area contributed by atoms with Crippen LogP contribution in [0.5, 0.6) is 0 Å². The van der Waals surface area contributed by atoms with Gasteiger partial charge in [-0.2, -0.15) is 15.0 Å². The van der Waals surface area contributed by atoms with Crippen LogP contribution in [0.3, 0.4) is 0 Å². The van der Waals surface area contributed by atoms with E-state index in [1.807, 2.05) is 10.6 Å². The second-order valence-electron chi connectivity index (χ2n) is 3.31. The summed E-state index contributed by atoms with van der Waals surface area (Å²) < 4.78 is 0. The van der Waals surface area contributed by atoms with Gasteiger partial charge in [-0.3, -0.25) is 0 Å². The number of carbonyl (C=O) groups is 1. The first kappa shape index (κ1) is 20.5. The maximum atomic E-state index is 10.1. The Morgan fingerprint density at radius 3 is 1.17 bits per heavy atom. The minimum Gasteiger partial charge on any atom is -0.376 e. The lowest BCUT2D eigenvalue weighted by Gasteiger charge is -2.07. The SMILES string of the molecule is O=C(NCO)NCO.OCNc1nc(NCO)nc(NCO)n1. The van der Waals surface area contributed by atoms with E-state index in [0.29, 0.717) is 0 Å². The molecule has 14 heteroatoms. The molecule has 0 bridgehead atoms. The van der Waals surface area contributed by atoms with E-state index in [0.717, 1.165) is 0 Å². The number of anilines is 3. The normalized spacial score (nSPS) is 9.26. The summed E-state index contributed by atoms with van der Waals surface area (Å²) in [4.78, 5) is 21.5. The summed E-state index contributed by atoms with van der Waals surface area (Å²) in [6.45, 7) is -1.85. The molecule has 0 atom stereocenters. The molecule has 0 fully saturated rings. The van der Waals surface area contributed by atoms with Crippen molar-refractivity contribution in [2.24, 2.45) is 0 Å². The van der Waals surface area contributed by atoms with E-state index in [-0.39, 0.29) is 38.0 Å².